The lowest BCUT2D eigenvalue weighted by atomic mass is 10.0. The van der Waals surface area contributed by atoms with Crippen molar-refractivity contribution in [3.63, 3.8) is 0 Å². The molecule has 0 radical (unpaired) electrons. The van der Waals surface area contributed by atoms with Crippen molar-refractivity contribution < 1.29 is 9.13 Å². The summed E-state index contributed by atoms with van der Waals surface area (Å²) in [6.45, 7) is 8.14. The summed E-state index contributed by atoms with van der Waals surface area (Å²) >= 11 is 0. The molecule has 3 atom stereocenters. The van der Waals surface area contributed by atoms with Crippen LogP contribution in [-0.4, -0.2) is 12.1 Å². The third-order valence-electron chi connectivity index (χ3n) is 2.98. The Balaban J connectivity index is 2.82. The Morgan fingerprint density at radius 1 is 1.06 bits per heavy atom. The van der Waals surface area contributed by atoms with E-state index in [-0.39, 0.29) is 24.1 Å². The average Bonchev–Trinajstić information content (AvgIpc) is 2.26. The number of ether oxygens (including phenoxy) is 1. The summed E-state index contributed by atoms with van der Waals surface area (Å²) in [6, 6.07) is 6.22. The maximum absolute atomic E-state index is 12.9. The first-order chi connectivity index (χ1) is 7.91. The third kappa shape index (κ3) is 4.10. The zero-order valence-corrected chi connectivity index (χ0v) is 11.0. The summed E-state index contributed by atoms with van der Waals surface area (Å²) in [4.78, 5) is 0. The van der Waals surface area contributed by atoms with Crippen molar-refractivity contribution in [1.29, 1.82) is 0 Å². The zero-order valence-electron chi connectivity index (χ0n) is 11.0. The van der Waals surface area contributed by atoms with Crippen LogP contribution in [-0.2, 0) is 4.74 Å². The standard InChI is InChI=1S/C14H22FNO/c1-9(2)11(4)17-14(10(3)16)12-5-7-13(15)8-6-12/h5-11,14H,16H2,1-4H3. The van der Waals surface area contributed by atoms with E-state index in [1.54, 1.807) is 12.1 Å². The molecule has 0 aliphatic carbocycles. The quantitative estimate of drug-likeness (QED) is 0.855. The van der Waals surface area contributed by atoms with E-state index in [9.17, 15) is 4.39 Å². The molecule has 2 N–H and O–H groups in total. The molecule has 3 heteroatoms. The van der Waals surface area contributed by atoms with Crippen LogP contribution in [0.1, 0.15) is 39.4 Å². The maximum atomic E-state index is 12.9. The Kier molecular flexibility index (Phi) is 5.09. The molecule has 0 saturated heterocycles. The minimum atomic E-state index is -0.242. The predicted molar refractivity (Wildman–Crippen MR) is 68.2 cm³/mol. The molecule has 0 fully saturated rings. The van der Waals surface area contributed by atoms with Gasteiger partial charge in [0.05, 0.1) is 12.2 Å². The van der Waals surface area contributed by atoms with Crippen molar-refractivity contribution in [3.8, 4) is 0 Å². The highest BCUT2D eigenvalue weighted by Crippen LogP contribution is 2.24. The van der Waals surface area contributed by atoms with Crippen LogP contribution in [0.15, 0.2) is 24.3 Å². The fourth-order valence-corrected chi connectivity index (χ4v) is 1.55. The molecule has 0 aliphatic heterocycles. The summed E-state index contributed by atoms with van der Waals surface area (Å²) in [5.74, 6) is 0.186. The second kappa shape index (κ2) is 6.12. The monoisotopic (exact) mass is 239 g/mol. The molecule has 1 rings (SSSR count). The van der Waals surface area contributed by atoms with Gasteiger partial charge in [-0.25, -0.2) is 4.39 Å². The predicted octanol–water partition coefficient (Wildman–Crippen LogP) is 3.28. The summed E-state index contributed by atoms with van der Waals surface area (Å²) in [5.41, 5.74) is 6.86. The van der Waals surface area contributed by atoms with E-state index >= 15 is 0 Å². The van der Waals surface area contributed by atoms with Crippen LogP contribution in [0.5, 0.6) is 0 Å². The lowest BCUT2D eigenvalue weighted by molar-refractivity contribution is -0.0364. The molecule has 0 spiro atoms. The topological polar surface area (TPSA) is 35.2 Å². The molecular weight excluding hydrogens is 217 g/mol. The molecule has 17 heavy (non-hydrogen) atoms. The van der Waals surface area contributed by atoms with Gasteiger partial charge in [-0.2, -0.15) is 0 Å². The molecule has 96 valence electrons. The van der Waals surface area contributed by atoms with Gasteiger partial charge < -0.3 is 10.5 Å². The van der Waals surface area contributed by atoms with Gasteiger partial charge in [0.1, 0.15) is 5.82 Å². The van der Waals surface area contributed by atoms with Crippen LogP contribution in [0.3, 0.4) is 0 Å². The van der Waals surface area contributed by atoms with E-state index in [1.165, 1.54) is 12.1 Å². The molecule has 2 nitrogen and oxygen atoms in total. The average molecular weight is 239 g/mol. The summed E-state index contributed by atoms with van der Waals surface area (Å²) in [5, 5.41) is 0. The molecule has 0 aliphatic rings. The van der Waals surface area contributed by atoms with E-state index < -0.39 is 0 Å². The fraction of sp³-hybridized carbons (Fsp3) is 0.571. The molecule has 0 amide bonds. The Morgan fingerprint density at radius 2 is 1.59 bits per heavy atom. The smallest absolute Gasteiger partial charge is 0.123 e. The largest absolute Gasteiger partial charge is 0.369 e. The van der Waals surface area contributed by atoms with Gasteiger partial charge in [0, 0.05) is 6.04 Å². The summed E-state index contributed by atoms with van der Waals surface area (Å²) in [6.07, 6.45) is -0.0657. The van der Waals surface area contributed by atoms with Gasteiger partial charge in [-0.15, -0.1) is 0 Å². The molecule has 0 heterocycles. The second-order valence-corrected chi connectivity index (χ2v) is 4.92. The van der Waals surface area contributed by atoms with Crippen LogP contribution in [0.2, 0.25) is 0 Å². The first-order valence-electron chi connectivity index (χ1n) is 6.08. The lowest BCUT2D eigenvalue weighted by Gasteiger charge is -2.27. The Labute approximate surface area is 103 Å². The number of hydrogen-bond donors (Lipinski definition) is 1. The van der Waals surface area contributed by atoms with Crippen LogP contribution >= 0.6 is 0 Å². The molecule has 0 bridgehead atoms. The van der Waals surface area contributed by atoms with Crippen molar-refractivity contribution in [2.45, 2.75) is 45.9 Å². The lowest BCUT2D eigenvalue weighted by Crippen LogP contribution is -2.31. The number of benzene rings is 1. The Morgan fingerprint density at radius 3 is 2.00 bits per heavy atom. The van der Waals surface area contributed by atoms with Crippen molar-refractivity contribution in [2.75, 3.05) is 0 Å². The summed E-state index contributed by atoms with van der Waals surface area (Å²) < 4.78 is 18.8. The van der Waals surface area contributed by atoms with Gasteiger partial charge in [0.15, 0.2) is 0 Å². The van der Waals surface area contributed by atoms with Crippen LogP contribution in [0.25, 0.3) is 0 Å². The number of hydrogen-bond acceptors (Lipinski definition) is 2. The van der Waals surface area contributed by atoms with Gasteiger partial charge >= 0.3 is 0 Å². The minimum Gasteiger partial charge on any atom is -0.369 e. The van der Waals surface area contributed by atoms with Crippen molar-refractivity contribution in [3.05, 3.63) is 35.6 Å². The van der Waals surface area contributed by atoms with E-state index in [2.05, 4.69) is 13.8 Å². The highest BCUT2D eigenvalue weighted by Gasteiger charge is 2.21. The molecular formula is C14H22FNO. The number of halogens is 1. The Hall–Kier alpha value is -0.930. The minimum absolute atomic E-state index is 0.121. The van der Waals surface area contributed by atoms with Gasteiger partial charge in [0.2, 0.25) is 0 Å². The van der Waals surface area contributed by atoms with Gasteiger partial charge in [-0.3, -0.25) is 0 Å². The number of rotatable bonds is 5. The first-order valence-corrected chi connectivity index (χ1v) is 6.08. The van der Waals surface area contributed by atoms with E-state index in [4.69, 9.17) is 10.5 Å². The Bertz CT molecular complexity index is 335. The van der Waals surface area contributed by atoms with Crippen LogP contribution < -0.4 is 5.73 Å². The zero-order chi connectivity index (χ0) is 13.0. The highest BCUT2D eigenvalue weighted by atomic mass is 19.1. The molecule has 0 saturated carbocycles. The van der Waals surface area contributed by atoms with Crippen molar-refractivity contribution >= 4 is 0 Å². The maximum Gasteiger partial charge on any atom is 0.123 e. The first kappa shape index (κ1) is 14.1. The van der Waals surface area contributed by atoms with Gasteiger partial charge in [-0.05, 0) is 37.5 Å². The normalized spacial score (nSPS) is 16.9. The molecule has 1 aromatic rings. The number of nitrogens with two attached hydrogens (primary N) is 1. The summed E-state index contributed by atoms with van der Waals surface area (Å²) in [7, 11) is 0. The molecule has 3 unspecified atom stereocenters. The van der Waals surface area contributed by atoms with E-state index in [0.717, 1.165) is 5.56 Å². The van der Waals surface area contributed by atoms with E-state index in [0.29, 0.717) is 5.92 Å². The van der Waals surface area contributed by atoms with Gasteiger partial charge in [0.25, 0.3) is 0 Å². The SMILES string of the molecule is CC(C)C(C)OC(c1ccc(F)cc1)C(C)N. The third-order valence-corrected chi connectivity index (χ3v) is 2.98. The van der Waals surface area contributed by atoms with Gasteiger partial charge in [-0.1, -0.05) is 26.0 Å². The van der Waals surface area contributed by atoms with Crippen LogP contribution in [0, 0.1) is 11.7 Å². The molecule has 1 aromatic carbocycles. The van der Waals surface area contributed by atoms with Crippen molar-refractivity contribution in [2.24, 2.45) is 11.7 Å². The fourth-order valence-electron chi connectivity index (χ4n) is 1.55. The van der Waals surface area contributed by atoms with Crippen molar-refractivity contribution in [1.82, 2.24) is 0 Å². The second-order valence-electron chi connectivity index (χ2n) is 4.92. The van der Waals surface area contributed by atoms with E-state index in [1.807, 2.05) is 13.8 Å². The van der Waals surface area contributed by atoms with Crippen LogP contribution in [0.4, 0.5) is 4.39 Å². The molecule has 0 aromatic heterocycles. The highest BCUT2D eigenvalue weighted by molar-refractivity contribution is 5.20.